The Kier molecular flexibility index (Phi) is 3.39. The van der Waals surface area contributed by atoms with Gasteiger partial charge in [-0.2, -0.15) is 0 Å². The maximum Gasteiger partial charge on any atom is 0.0806 e. The van der Waals surface area contributed by atoms with Gasteiger partial charge in [0.2, 0.25) is 0 Å². The molecule has 2 rings (SSSR count). The summed E-state index contributed by atoms with van der Waals surface area (Å²) in [6.07, 6.45) is 0. The molecule has 0 bridgehead atoms. The van der Waals surface area contributed by atoms with Gasteiger partial charge in [-0.15, -0.1) is 0 Å². The van der Waals surface area contributed by atoms with E-state index in [4.69, 9.17) is 0 Å². The Balaban J connectivity index is 2.13. The van der Waals surface area contributed by atoms with Crippen molar-refractivity contribution in [2.45, 2.75) is 50.7 Å². The Morgan fingerprint density at radius 2 is 1.76 bits per heavy atom. The summed E-state index contributed by atoms with van der Waals surface area (Å²) in [5.41, 5.74) is 1.07. The zero-order chi connectivity index (χ0) is 12.7. The smallest absolute Gasteiger partial charge is 0.0691 e. The van der Waals surface area contributed by atoms with Crippen LogP contribution in [-0.2, 0) is 0 Å². The molecule has 1 heterocycles. The van der Waals surface area contributed by atoms with Crippen LogP contribution in [0.4, 0.5) is 0 Å². The van der Waals surface area contributed by atoms with Crippen molar-refractivity contribution >= 4 is 21.3 Å². The zero-order valence-electron chi connectivity index (χ0n) is 12.0. The average molecular weight is 263 g/mol. The fraction of sp³-hybridized carbons (Fsp3) is 0.600. The molecule has 0 aliphatic carbocycles. The van der Waals surface area contributed by atoms with Crippen LogP contribution in [0.2, 0.25) is 43.8 Å². The van der Waals surface area contributed by atoms with Crippen molar-refractivity contribution in [3.63, 3.8) is 0 Å². The molecule has 0 aromatic heterocycles. The van der Waals surface area contributed by atoms with Gasteiger partial charge in [-0.05, 0) is 11.5 Å². The Bertz CT molecular complexity index is 381. The summed E-state index contributed by atoms with van der Waals surface area (Å²) in [5.74, 6) is 0.993. The summed E-state index contributed by atoms with van der Waals surface area (Å²) in [5, 5.41) is 1.64. The first-order valence-corrected chi connectivity index (χ1v) is 13.4. The molecular weight excluding hydrogens is 236 g/mol. The van der Waals surface area contributed by atoms with Crippen LogP contribution in [0.5, 0.6) is 0 Å². The van der Waals surface area contributed by atoms with Crippen LogP contribution in [0.25, 0.3) is 0 Å². The monoisotopic (exact) mass is 262 g/mol. The maximum absolute atomic E-state index is 2.59. The summed E-state index contributed by atoms with van der Waals surface area (Å²) in [6, 6.07) is 14.3. The van der Waals surface area contributed by atoms with Crippen LogP contribution in [0.3, 0.4) is 0 Å². The van der Waals surface area contributed by atoms with Crippen LogP contribution in [-0.4, -0.2) is 16.1 Å². The van der Waals surface area contributed by atoms with Gasteiger partial charge in [0, 0.05) is 0 Å². The van der Waals surface area contributed by atoms with E-state index in [1.807, 2.05) is 0 Å². The Labute approximate surface area is 108 Å². The van der Waals surface area contributed by atoms with E-state index >= 15 is 0 Å². The summed E-state index contributed by atoms with van der Waals surface area (Å²) in [6.45, 7) is 12.8. The average Bonchev–Trinajstić information content (AvgIpc) is 2.27. The third kappa shape index (κ3) is 2.58. The molecule has 0 radical (unpaired) electrons. The van der Waals surface area contributed by atoms with Crippen LogP contribution in [0.15, 0.2) is 30.3 Å². The molecule has 1 fully saturated rings. The third-order valence-electron chi connectivity index (χ3n) is 4.82. The van der Waals surface area contributed by atoms with Gasteiger partial charge in [-0.25, -0.2) is 0 Å². The van der Waals surface area contributed by atoms with E-state index in [1.54, 1.807) is 11.2 Å². The molecule has 1 aromatic carbocycles. The van der Waals surface area contributed by atoms with Crippen LogP contribution < -0.4 is 5.19 Å². The minimum atomic E-state index is -1.21. The van der Waals surface area contributed by atoms with Crippen molar-refractivity contribution in [3.05, 3.63) is 30.3 Å². The Hall–Kier alpha value is -0.346. The second kappa shape index (κ2) is 4.40. The standard InChI is InChI=1S/C15H26Si2/c1-13-11-17(4,5)15(13)12-16(2,3)14-9-7-6-8-10-14/h6-10,13,15H,11-12H2,1-5H3/t13-,15+/m0/s1. The van der Waals surface area contributed by atoms with Crippen molar-refractivity contribution < 1.29 is 0 Å². The fourth-order valence-corrected chi connectivity index (χ4v) is 13.8. The number of benzene rings is 1. The summed E-state index contributed by atoms with van der Waals surface area (Å²) < 4.78 is 0. The minimum absolute atomic E-state index is 0.851. The maximum atomic E-state index is 2.59. The van der Waals surface area contributed by atoms with Gasteiger partial charge < -0.3 is 0 Å². The van der Waals surface area contributed by atoms with E-state index in [9.17, 15) is 0 Å². The SMILES string of the molecule is C[C@H]1C[Si](C)(C)[C@@H]1C[Si](C)(C)c1ccccc1. The fourth-order valence-electron chi connectivity index (χ4n) is 3.77. The lowest BCUT2D eigenvalue weighted by Gasteiger charge is -2.51. The van der Waals surface area contributed by atoms with E-state index in [1.165, 1.54) is 6.04 Å². The van der Waals surface area contributed by atoms with Gasteiger partial charge in [0.25, 0.3) is 0 Å². The van der Waals surface area contributed by atoms with Gasteiger partial charge in [-0.3, -0.25) is 0 Å². The molecule has 17 heavy (non-hydrogen) atoms. The predicted octanol–water partition coefficient (Wildman–Crippen LogP) is 4.33. The van der Waals surface area contributed by atoms with Gasteiger partial charge in [0.15, 0.2) is 0 Å². The lowest BCUT2D eigenvalue weighted by molar-refractivity contribution is 0.519. The summed E-state index contributed by atoms with van der Waals surface area (Å²) in [4.78, 5) is 0. The first-order valence-electron chi connectivity index (χ1n) is 6.88. The molecule has 1 aromatic rings. The normalized spacial score (nSPS) is 27.6. The van der Waals surface area contributed by atoms with E-state index < -0.39 is 16.1 Å². The molecule has 0 spiro atoms. The molecule has 0 nitrogen and oxygen atoms in total. The molecule has 94 valence electrons. The molecule has 1 aliphatic rings. The molecule has 2 atom stereocenters. The van der Waals surface area contributed by atoms with E-state index in [2.05, 4.69) is 63.4 Å². The quantitative estimate of drug-likeness (QED) is 0.711. The first-order chi connectivity index (χ1) is 7.83. The molecule has 1 saturated heterocycles. The molecule has 0 amide bonds. The topological polar surface area (TPSA) is 0 Å². The van der Waals surface area contributed by atoms with E-state index in [0.29, 0.717) is 0 Å². The van der Waals surface area contributed by atoms with Gasteiger partial charge in [0.05, 0.1) is 16.1 Å². The second-order valence-corrected chi connectivity index (χ2v) is 17.1. The van der Waals surface area contributed by atoms with Crippen molar-refractivity contribution in [1.29, 1.82) is 0 Å². The highest BCUT2D eigenvalue weighted by Gasteiger charge is 2.48. The second-order valence-electron chi connectivity index (χ2n) is 7.23. The lowest BCUT2D eigenvalue weighted by Crippen LogP contribution is -2.53. The first kappa shape index (κ1) is 13.1. The van der Waals surface area contributed by atoms with Crippen LogP contribution in [0.1, 0.15) is 6.92 Å². The highest BCUT2D eigenvalue weighted by Crippen LogP contribution is 2.52. The van der Waals surface area contributed by atoms with Crippen molar-refractivity contribution in [2.24, 2.45) is 5.92 Å². The summed E-state index contributed by atoms with van der Waals surface area (Å²) >= 11 is 0. The Morgan fingerprint density at radius 1 is 1.18 bits per heavy atom. The molecule has 0 unspecified atom stereocenters. The van der Waals surface area contributed by atoms with Crippen molar-refractivity contribution in [2.75, 3.05) is 0 Å². The van der Waals surface area contributed by atoms with Gasteiger partial charge in [-0.1, -0.05) is 80.7 Å². The molecular formula is C15H26Si2. The molecule has 1 aliphatic heterocycles. The highest BCUT2D eigenvalue weighted by molar-refractivity contribution is 6.92. The zero-order valence-corrected chi connectivity index (χ0v) is 14.0. The molecule has 0 saturated carbocycles. The van der Waals surface area contributed by atoms with Crippen molar-refractivity contribution in [1.82, 2.24) is 0 Å². The van der Waals surface area contributed by atoms with Crippen molar-refractivity contribution in [3.8, 4) is 0 Å². The Morgan fingerprint density at radius 3 is 2.24 bits per heavy atom. The van der Waals surface area contributed by atoms with E-state index in [0.717, 1.165) is 11.5 Å². The van der Waals surface area contributed by atoms with Crippen LogP contribution in [0, 0.1) is 5.92 Å². The molecule has 0 N–H and O–H groups in total. The predicted molar refractivity (Wildman–Crippen MR) is 83.6 cm³/mol. The lowest BCUT2D eigenvalue weighted by atomic mass is 10.1. The van der Waals surface area contributed by atoms with Gasteiger partial charge in [0.1, 0.15) is 0 Å². The third-order valence-corrected chi connectivity index (χ3v) is 13.1. The molecule has 2 heteroatoms. The summed E-state index contributed by atoms with van der Waals surface area (Å²) in [7, 11) is -2.06. The van der Waals surface area contributed by atoms with Gasteiger partial charge >= 0.3 is 0 Å². The van der Waals surface area contributed by atoms with E-state index in [-0.39, 0.29) is 0 Å². The number of hydrogen-bond donors (Lipinski definition) is 0. The highest BCUT2D eigenvalue weighted by atomic mass is 28.3. The minimum Gasteiger partial charge on any atom is -0.0691 e. The largest absolute Gasteiger partial charge is 0.0806 e. The van der Waals surface area contributed by atoms with Crippen LogP contribution >= 0.6 is 0 Å². The number of hydrogen-bond acceptors (Lipinski definition) is 0. The number of rotatable bonds is 3.